The zero-order valence-corrected chi connectivity index (χ0v) is 26.1. The molecule has 0 bridgehead atoms. The van der Waals surface area contributed by atoms with E-state index in [1.54, 1.807) is 13.8 Å². The van der Waals surface area contributed by atoms with E-state index in [4.69, 9.17) is 10.5 Å². The van der Waals surface area contributed by atoms with Crippen molar-refractivity contribution < 1.29 is 19.1 Å². The summed E-state index contributed by atoms with van der Waals surface area (Å²) in [6, 6.07) is 15.3. The normalized spacial score (nSPS) is 11.5. The minimum atomic E-state index is -0.323. The number of halogens is 5. The molecule has 0 aromatic heterocycles. The summed E-state index contributed by atoms with van der Waals surface area (Å²) in [5.74, 6) is -0.457. The van der Waals surface area contributed by atoms with Crippen LogP contribution in [-0.2, 0) is 19.1 Å². The van der Waals surface area contributed by atoms with Gasteiger partial charge in [0.2, 0.25) is 0 Å². The molecule has 2 unspecified atom stereocenters. The highest BCUT2D eigenvalue weighted by Gasteiger charge is 2.15. The molecule has 0 heterocycles. The first-order valence-electron chi connectivity index (χ1n) is 9.82. The number of nitrogen functional groups attached to an aromatic ring is 1. The molecule has 2 aromatic carbocycles. The van der Waals surface area contributed by atoms with Crippen molar-refractivity contribution >= 4 is 103 Å². The van der Waals surface area contributed by atoms with Gasteiger partial charge in [-0.15, -0.1) is 0 Å². The Morgan fingerprint density at radius 2 is 1.27 bits per heavy atom. The van der Waals surface area contributed by atoms with Gasteiger partial charge in [0, 0.05) is 32.2 Å². The average Bonchev–Trinajstić information content (AvgIpc) is 2.81. The Hall–Kier alpha value is -0.620. The number of nitrogens with one attached hydrogen (secondary N) is 1. The van der Waals surface area contributed by atoms with Crippen LogP contribution in [0.5, 0.6) is 0 Å². The summed E-state index contributed by atoms with van der Waals surface area (Å²) >= 11 is 16.2. The van der Waals surface area contributed by atoms with Gasteiger partial charge in [-0.3, -0.25) is 9.59 Å². The molecule has 0 amide bonds. The maximum absolute atomic E-state index is 11.3. The second-order valence-corrected chi connectivity index (χ2v) is 10.7. The zero-order valence-electron chi connectivity index (χ0n) is 18.2. The Kier molecular flexibility index (Phi) is 19.3. The minimum Gasteiger partial charge on any atom is -0.465 e. The second-order valence-electron chi connectivity index (χ2n) is 6.03. The molecular weight excluding hydrogens is 756 g/mol. The first-order chi connectivity index (χ1) is 15.6. The van der Waals surface area contributed by atoms with Crippen LogP contribution in [0.25, 0.3) is 0 Å². The van der Waals surface area contributed by atoms with E-state index in [1.807, 2.05) is 48.5 Å². The maximum atomic E-state index is 11.3. The molecule has 2 atom stereocenters. The van der Waals surface area contributed by atoms with Gasteiger partial charge in [-0.25, -0.2) is 0 Å². The van der Waals surface area contributed by atoms with Crippen LogP contribution in [0.15, 0.2) is 57.5 Å². The number of anilines is 2. The largest absolute Gasteiger partial charge is 0.465 e. The summed E-state index contributed by atoms with van der Waals surface area (Å²) in [6.45, 7) is 4.92. The number of ether oxygens (including phenoxy) is 2. The van der Waals surface area contributed by atoms with Crippen LogP contribution in [0.3, 0.4) is 0 Å². The van der Waals surface area contributed by atoms with Gasteiger partial charge in [-0.1, -0.05) is 79.6 Å². The molecule has 0 spiro atoms. The van der Waals surface area contributed by atoms with Crippen molar-refractivity contribution in [1.82, 2.24) is 0 Å². The van der Waals surface area contributed by atoms with E-state index in [2.05, 4.69) is 89.7 Å². The molecule has 0 saturated heterocycles. The highest BCUT2D eigenvalue weighted by Crippen LogP contribution is 2.15. The quantitative estimate of drug-likeness (QED) is 0.172. The first kappa shape index (κ1) is 32.4. The summed E-state index contributed by atoms with van der Waals surface area (Å²) in [7, 11) is 0. The minimum absolute atomic E-state index is 0.211. The molecule has 0 saturated carbocycles. The summed E-state index contributed by atoms with van der Waals surface area (Å²) in [6.07, 6.45) is 0. The fourth-order valence-electron chi connectivity index (χ4n) is 1.85. The molecule has 184 valence electrons. The highest BCUT2D eigenvalue weighted by atomic mass is 79.9. The summed E-state index contributed by atoms with van der Waals surface area (Å²) in [4.78, 5) is 21.4. The van der Waals surface area contributed by atoms with E-state index in [-0.39, 0.29) is 21.6 Å². The molecule has 0 radical (unpaired) electrons. The number of hydrogen-bond acceptors (Lipinski definition) is 6. The Morgan fingerprint density at radius 3 is 1.67 bits per heavy atom. The summed E-state index contributed by atoms with van der Waals surface area (Å²) in [5.41, 5.74) is 7.17. The van der Waals surface area contributed by atoms with E-state index < -0.39 is 0 Å². The lowest BCUT2D eigenvalue weighted by atomic mass is 10.3. The van der Waals surface area contributed by atoms with Crippen molar-refractivity contribution in [3.05, 3.63) is 57.5 Å². The van der Waals surface area contributed by atoms with Crippen molar-refractivity contribution in [3.8, 4) is 0 Å². The Bertz CT molecular complexity index is 786. The van der Waals surface area contributed by atoms with E-state index in [1.165, 1.54) is 0 Å². The molecule has 11 heteroatoms. The first-order valence-corrected chi connectivity index (χ1v) is 14.4. The van der Waals surface area contributed by atoms with E-state index >= 15 is 0 Å². The standard InChI is InChI=1S/C11H13Br2NO2.C6H6BrN.C5H8Br2O2/c1-2-16-11(15)10(13)7-14-9-5-3-8(12)4-6-9;7-5-1-3-6(8)4-2-5;1-2-9-5(8)4(7)3-6/h3-6,10,14H,2,7H2,1H3;1-4H,8H2;4H,2-3H2,1H3. The molecule has 2 rings (SSSR count). The van der Waals surface area contributed by atoms with Gasteiger partial charge in [0.25, 0.3) is 0 Å². The van der Waals surface area contributed by atoms with Gasteiger partial charge in [0.15, 0.2) is 0 Å². The van der Waals surface area contributed by atoms with Crippen molar-refractivity contribution in [1.29, 1.82) is 0 Å². The predicted molar refractivity (Wildman–Crippen MR) is 154 cm³/mol. The maximum Gasteiger partial charge on any atom is 0.321 e. The van der Waals surface area contributed by atoms with Crippen LogP contribution in [0.2, 0.25) is 0 Å². The molecule has 33 heavy (non-hydrogen) atoms. The third kappa shape index (κ3) is 16.6. The molecular formula is C22H27Br5N2O4. The summed E-state index contributed by atoms with van der Waals surface area (Å²) in [5, 5.41) is 3.73. The van der Waals surface area contributed by atoms with Gasteiger partial charge in [-0.05, 0) is 62.4 Å². The smallest absolute Gasteiger partial charge is 0.321 e. The Balaban J connectivity index is 0.000000510. The third-order valence-electron chi connectivity index (χ3n) is 3.42. The molecule has 0 aliphatic carbocycles. The second kappa shape index (κ2) is 19.7. The molecule has 2 aromatic rings. The third-order valence-corrected chi connectivity index (χ3v) is 7.39. The van der Waals surface area contributed by atoms with Gasteiger partial charge >= 0.3 is 11.9 Å². The van der Waals surface area contributed by atoms with Crippen LogP contribution < -0.4 is 11.1 Å². The molecule has 0 fully saturated rings. The predicted octanol–water partition coefficient (Wildman–Crippen LogP) is 6.93. The zero-order chi connectivity index (χ0) is 25.2. The SMILES string of the molecule is CCOC(=O)C(Br)CBr.CCOC(=O)C(Br)CNc1ccc(Br)cc1.Nc1ccc(Br)cc1. The van der Waals surface area contributed by atoms with Gasteiger partial charge in [0.05, 0.1) is 13.2 Å². The van der Waals surface area contributed by atoms with Crippen LogP contribution in [0.4, 0.5) is 11.4 Å². The number of carbonyl (C=O) groups excluding carboxylic acids is 2. The van der Waals surface area contributed by atoms with Crippen LogP contribution in [0.1, 0.15) is 13.8 Å². The molecule has 6 nitrogen and oxygen atoms in total. The topological polar surface area (TPSA) is 90.6 Å². The number of alkyl halides is 3. The fraction of sp³-hybridized carbons (Fsp3) is 0.364. The number of carbonyl (C=O) groups is 2. The van der Waals surface area contributed by atoms with Crippen molar-refractivity contribution in [2.75, 3.05) is 36.1 Å². The van der Waals surface area contributed by atoms with Crippen molar-refractivity contribution in [2.45, 2.75) is 23.5 Å². The number of nitrogens with two attached hydrogens (primary N) is 1. The summed E-state index contributed by atoms with van der Waals surface area (Å²) < 4.78 is 11.6. The lowest BCUT2D eigenvalue weighted by Gasteiger charge is -2.11. The Morgan fingerprint density at radius 1 is 0.848 bits per heavy atom. The van der Waals surface area contributed by atoms with Gasteiger partial charge in [0.1, 0.15) is 9.65 Å². The van der Waals surface area contributed by atoms with E-state index in [0.29, 0.717) is 25.1 Å². The van der Waals surface area contributed by atoms with Gasteiger partial charge < -0.3 is 20.5 Å². The molecule has 0 aliphatic rings. The van der Waals surface area contributed by atoms with E-state index in [9.17, 15) is 9.59 Å². The van der Waals surface area contributed by atoms with Gasteiger partial charge in [-0.2, -0.15) is 0 Å². The van der Waals surface area contributed by atoms with Crippen LogP contribution in [-0.4, -0.2) is 46.7 Å². The van der Waals surface area contributed by atoms with Crippen LogP contribution >= 0.6 is 79.6 Å². The number of rotatable bonds is 8. The number of esters is 2. The van der Waals surface area contributed by atoms with Crippen LogP contribution in [0, 0.1) is 0 Å². The Labute approximate surface area is 237 Å². The fourth-order valence-corrected chi connectivity index (χ4v) is 3.07. The average molecular weight is 783 g/mol. The highest BCUT2D eigenvalue weighted by molar-refractivity contribution is 9.12. The lowest BCUT2D eigenvalue weighted by molar-refractivity contribution is -0.142. The monoisotopic (exact) mass is 778 g/mol. The lowest BCUT2D eigenvalue weighted by Crippen LogP contribution is -2.25. The number of benzene rings is 2. The number of hydrogen-bond donors (Lipinski definition) is 2. The molecule has 0 aliphatic heterocycles. The van der Waals surface area contributed by atoms with Crippen molar-refractivity contribution in [2.24, 2.45) is 0 Å². The van der Waals surface area contributed by atoms with Crippen molar-refractivity contribution in [3.63, 3.8) is 0 Å². The van der Waals surface area contributed by atoms with E-state index in [0.717, 1.165) is 20.3 Å². The molecule has 3 N–H and O–H groups in total.